The van der Waals surface area contributed by atoms with Crippen LogP contribution in [0.5, 0.6) is 0 Å². The topological polar surface area (TPSA) is 87.3 Å². The Morgan fingerprint density at radius 2 is 2.00 bits per heavy atom. The van der Waals surface area contributed by atoms with Crippen molar-refractivity contribution < 1.29 is 13.2 Å². The van der Waals surface area contributed by atoms with Crippen LogP contribution in [-0.2, 0) is 14.8 Å². The molecule has 1 heterocycles. The van der Waals surface area contributed by atoms with Crippen molar-refractivity contribution in [2.45, 2.75) is 26.2 Å². The normalized spacial score (nSPS) is 25.2. The number of hydrogen-bond acceptors (Lipinski definition) is 4. The minimum atomic E-state index is -3.16. The summed E-state index contributed by atoms with van der Waals surface area (Å²) in [4.78, 5) is 12.0. The van der Waals surface area contributed by atoms with Gasteiger partial charge in [-0.1, -0.05) is 0 Å². The first-order valence-electron chi connectivity index (χ1n) is 6.95. The van der Waals surface area contributed by atoms with Gasteiger partial charge >= 0.3 is 0 Å². The Morgan fingerprint density at radius 3 is 2.63 bits per heavy atom. The highest BCUT2D eigenvalue weighted by Gasteiger charge is 2.57. The maximum Gasteiger partial charge on any atom is 0.223 e. The fraction of sp³-hybridized carbons (Fsp3) is 0.917. The summed E-state index contributed by atoms with van der Waals surface area (Å²) in [7, 11) is -3.16. The summed E-state index contributed by atoms with van der Waals surface area (Å²) in [6.07, 6.45) is 3.14. The van der Waals surface area contributed by atoms with Gasteiger partial charge in [-0.05, 0) is 44.7 Å². The number of rotatable bonds is 6. The lowest BCUT2D eigenvalue weighted by atomic mass is 9.92. The lowest BCUT2D eigenvalue weighted by molar-refractivity contribution is -0.123. The van der Waals surface area contributed by atoms with Gasteiger partial charge in [0.15, 0.2) is 0 Å². The molecule has 0 aromatic heterocycles. The van der Waals surface area contributed by atoms with Gasteiger partial charge in [-0.15, -0.1) is 0 Å². The second kappa shape index (κ2) is 5.76. The zero-order valence-corrected chi connectivity index (χ0v) is 12.2. The molecule has 1 aliphatic carbocycles. The summed E-state index contributed by atoms with van der Waals surface area (Å²) in [5, 5.41) is 6.13. The molecule has 3 N–H and O–H groups in total. The summed E-state index contributed by atoms with van der Waals surface area (Å²) < 4.78 is 24.8. The van der Waals surface area contributed by atoms with Gasteiger partial charge in [0.1, 0.15) is 0 Å². The number of sulfonamides is 1. The summed E-state index contributed by atoms with van der Waals surface area (Å²) in [6, 6.07) is 0. The first-order chi connectivity index (χ1) is 8.99. The largest absolute Gasteiger partial charge is 0.355 e. The Bertz CT molecular complexity index is 430. The second-order valence-electron chi connectivity index (χ2n) is 5.46. The third kappa shape index (κ3) is 3.67. The molecule has 0 aromatic carbocycles. The molecule has 0 aromatic rings. The van der Waals surface area contributed by atoms with Crippen LogP contribution in [0.15, 0.2) is 0 Å². The lowest BCUT2D eigenvalue weighted by Gasteiger charge is -2.23. The van der Waals surface area contributed by atoms with Crippen molar-refractivity contribution in [3.05, 3.63) is 0 Å². The van der Waals surface area contributed by atoms with Gasteiger partial charge < -0.3 is 10.6 Å². The molecule has 1 saturated carbocycles. The van der Waals surface area contributed by atoms with E-state index in [0.29, 0.717) is 6.54 Å². The fourth-order valence-electron chi connectivity index (χ4n) is 2.81. The molecule has 1 atom stereocenters. The van der Waals surface area contributed by atoms with Crippen LogP contribution in [0.1, 0.15) is 26.2 Å². The zero-order chi connectivity index (χ0) is 13.9. The van der Waals surface area contributed by atoms with Gasteiger partial charge in [-0.25, -0.2) is 13.1 Å². The van der Waals surface area contributed by atoms with Crippen LogP contribution in [0.4, 0.5) is 0 Å². The predicted octanol–water partition coefficient (Wildman–Crippen LogP) is -0.568. The van der Waals surface area contributed by atoms with E-state index >= 15 is 0 Å². The monoisotopic (exact) mass is 289 g/mol. The van der Waals surface area contributed by atoms with Crippen molar-refractivity contribution in [3.8, 4) is 0 Å². The molecule has 2 aliphatic rings. The van der Waals surface area contributed by atoms with Crippen molar-refractivity contribution in [3.63, 3.8) is 0 Å². The molecule has 0 radical (unpaired) electrons. The Hall–Kier alpha value is -0.660. The second-order valence-corrected chi connectivity index (χ2v) is 7.55. The lowest BCUT2D eigenvalue weighted by Crippen LogP contribution is -2.37. The van der Waals surface area contributed by atoms with Gasteiger partial charge in [0, 0.05) is 19.0 Å². The third-order valence-electron chi connectivity index (χ3n) is 4.23. The van der Waals surface area contributed by atoms with Gasteiger partial charge in [0.05, 0.1) is 5.75 Å². The van der Waals surface area contributed by atoms with Crippen molar-refractivity contribution >= 4 is 15.9 Å². The highest BCUT2D eigenvalue weighted by molar-refractivity contribution is 7.89. The molecule has 7 heteroatoms. The van der Waals surface area contributed by atoms with Gasteiger partial charge in [-0.2, -0.15) is 0 Å². The summed E-state index contributed by atoms with van der Waals surface area (Å²) in [5.74, 6) is 0.287. The molecule has 0 bridgehead atoms. The van der Waals surface area contributed by atoms with Gasteiger partial charge in [0.25, 0.3) is 0 Å². The van der Waals surface area contributed by atoms with E-state index in [9.17, 15) is 13.2 Å². The molecule has 1 aliphatic heterocycles. The SMILES string of the molecule is CCS(=O)(=O)NCCNC(=O)C1CC12CCNCC2. The van der Waals surface area contributed by atoms with E-state index < -0.39 is 10.0 Å². The predicted molar refractivity (Wildman–Crippen MR) is 73.1 cm³/mol. The van der Waals surface area contributed by atoms with E-state index in [4.69, 9.17) is 0 Å². The fourth-order valence-corrected chi connectivity index (χ4v) is 3.43. The van der Waals surface area contributed by atoms with Crippen LogP contribution in [0, 0.1) is 11.3 Å². The Balaban J connectivity index is 1.66. The number of piperidine rings is 1. The smallest absolute Gasteiger partial charge is 0.223 e. The summed E-state index contributed by atoms with van der Waals surface area (Å²) in [5.41, 5.74) is 0.234. The Kier molecular flexibility index (Phi) is 4.47. The van der Waals surface area contributed by atoms with Crippen LogP contribution < -0.4 is 15.4 Å². The van der Waals surface area contributed by atoms with Crippen molar-refractivity contribution in [2.24, 2.45) is 11.3 Å². The molecule has 1 unspecified atom stereocenters. The van der Waals surface area contributed by atoms with E-state index in [2.05, 4.69) is 15.4 Å². The first kappa shape index (κ1) is 14.7. The highest BCUT2D eigenvalue weighted by Crippen LogP contribution is 2.58. The average Bonchev–Trinajstić information content (AvgIpc) is 3.09. The molecule has 2 rings (SSSR count). The van der Waals surface area contributed by atoms with Crippen molar-refractivity contribution in [1.29, 1.82) is 0 Å². The standard InChI is InChI=1S/C12H23N3O3S/c1-2-19(17,18)15-8-7-14-11(16)10-9-12(10)3-5-13-6-4-12/h10,13,15H,2-9H2,1H3,(H,14,16). The van der Waals surface area contributed by atoms with Crippen LogP contribution in [0.25, 0.3) is 0 Å². The number of carbonyl (C=O) groups is 1. The van der Waals surface area contributed by atoms with E-state index in [0.717, 1.165) is 32.4 Å². The van der Waals surface area contributed by atoms with Crippen LogP contribution in [-0.4, -0.2) is 46.3 Å². The van der Waals surface area contributed by atoms with Gasteiger partial charge in [0.2, 0.25) is 15.9 Å². The minimum Gasteiger partial charge on any atom is -0.355 e. The van der Waals surface area contributed by atoms with Crippen molar-refractivity contribution in [1.82, 2.24) is 15.4 Å². The maximum atomic E-state index is 12.0. The van der Waals surface area contributed by atoms with E-state index in [1.54, 1.807) is 6.92 Å². The van der Waals surface area contributed by atoms with E-state index in [1.807, 2.05) is 0 Å². The quantitative estimate of drug-likeness (QED) is 0.572. The minimum absolute atomic E-state index is 0.0691. The number of hydrogen-bond donors (Lipinski definition) is 3. The first-order valence-corrected chi connectivity index (χ1v) is 8.60. The average molecular weight is 289 g/mol. The molecule has 19 heavy (non-hydrogen) atoms. The van der Waals surface area contributed by atoms with Gasteiger partial charge in [-0.3, -0.25) is 4.79 Å². The van der Waals surface area contributed by atoms with Crippen LogP contribution >= 0.6 is 0 Å². The van der Waals surface area contributed by atoms with E-state index in [-0.39, 0.29) is 29.5 Å². The molecular weight excluding hydrogens is 266 g/mol. The molecule has 1 spiro atoms. The number of carbonyl (C=O) groups excluding carboxylic acids is 1. The van der Waals surface area contributed by atoms with Crippen LogP contribution in [0.2, 0.25) is 0 Å². The zero-order valence-electron chi connectivity index (χ0n) is 11.4. The summed E-state index contributed by atoms with van der Waals surface area (Å²) in [6.45, 7) is 4.22. The molecule has 1 amide bonds. The third-order valence-corrected chi connectivity index (χ3v) is 5.64. The Morgan fingerprint density at radius 1 is 1.32 bits per heavy atom. The van der Waals surface area contributed by atoms with Crippen molar-refractivity contribution in [2.75, 3.05) is 31.9 Å². The number of amides is 1. The molecule has 1 saturated heterocycles. The van der Waals surface area contributed by atoms with E-state index in [1.165, 1.54) is 0 Å². The molecule has 2 fully saturated rings. The maximum absolute atomic E-state index is 12.0. The van der Waals surface area contributed by atoms with Crippen LogP contribution in [0.3, 0.4) is 0 Å². The number of nitrogens with one attached hydrogen (secondary N) is 3. The molecule has 110 valence electrons. The Labute approximate surface area is 114 Å². The highest BCUT2D eigenvalue weighted by atomic mass is 32.2. The molecule has 6 nitrogen and oxygen atoms in total. The summed E-state index contributed by atoms with van der Waals surface area (Å²) >= 11 is 0. The molecular formula is C12H23N3O3S.